The van der Waals surface area contributed by atoms with E-state index in [9.17, 15) is 0 Å². The van der Waals surface area contributed by atoms with Gasteiger partial charge in [-0.25, -0.2) is 0 Å². The van der Waals surface area contributed by atoms with E-state index in [4.69, 9.17) is 10.5 Å². The average Bonchev–Trinajstić information content (AvgIpc) is 2.94. The molecule has 1 aliphatic carbocycles. The molecule has 0 amide bonds. The van der Waals surface area contributed by atoms with Gasteiger partial charge < -0.3 is 10.5 Å². The van der Waals surface area contributed by atoms with Crippen LogP contribution in [0.25, 0.3) is 0 Å². The third-order valence-electron chi connectivity index (χ3n) is 2.56. The van der Waals surface area contributed by atoms with Gasteiger partial charge in [-0.3, -0.25) is 0 Å². The van der Waals surface area contributed by atoms with E-state index in [0.29, 0.717) is 12.6 Å². The fourth-order valence-corrected chi connectivity index (χ4v) is 1.70. The Hall–Kier alpha value is -1.02. The lowest BCUT2D eigenvalue weighted by molar-refractivity contribution is 0.299. The van der Waals surface area contributed by atoms with Gasteiger partial charge in [-0.2, -0.15) is 0 Å². The molecule has 14 heavy (non-hydrogen) atoms. The van der Waals surface area contributed by atoms with E-state index in [1.165, 1.54) is 29.5 Å². The summed E-state index contributed by atoms with van der Waals surface area (Å²) in [4.78, 5) is 0. The molecule has 1 aromatic carbocycles. The van der Waals surface area contributed by atoms with Crippen molar-refractivity contribution in [1.29, 1.82) is 0 Å². The molecule has 0 bridgehead atoms. The minimum absolute atomic E-state index is 0.469. The lowest BCUT2D eigenvalue weighted by Gasteiger charge is -2.12. The normalized spacial score (nSPS) is 15.6. The summed E-state index contributed by atoms with van der Waals surface area (Å²) in [6, 6.07) is 4.23. The zero-order valence-corrected chi connectivity index (χ0v) is 8.84. The first-order chi connectivity index (χ1) is 6.70. The summed E-state index contributed by atoms with van der Waals surface area (Å²) < 4.78 is 5.85. The summed E-state index contributed by atoms with van der Waals surface area (Å²) in [5.41, 5.74) is 9.21. The van der Waals surface area contributed by atoms with Crippen molar-refractivity contribution in [2.45, 2.75) is 39.3 Å². The van der Waals surface area contributed by atoms with Crippen LogP contribution in [0.3, 0.4) is 0 Å². The molecule has 0 spiro atoms. The van der Waals surface area contributed by atoms with Crippen LogP contribution in [0.1, 0.15) is 29.5 Å². The zero-order chi connectivity index (χ0) is 10.1. The van der Waals surface area contributed by atoms with Crippen LogP contribution in [-0.4, -0.2) is 6.10 Å². The van der Waals surface area contributed by atoms with E-state index in [1.54, 1.807) is 0 Å². The summed E-state index contributed by atoms with van der Waals surface area (Å²) in [6.07, 6.45) is 2.88. The van der Waals surface area contributed by atoms with Crippen LogP contribution in [0, 0.1) is 13.8 Å². The number of rotatable bonds is 3. The van der Waals surface area contributed by atoms with Crippen molar-refractivity contribution < 1.29 is 4.74 Å². The standard InChI is InChI=1S/C12H17NO/c1-8-5-10(7-13)6-9(2)12(8)14-11-3-4-11/h5-6,11H,3-4,7,13H2,1-2H3. The molecule has 0 aromatic heterocycles. The van der Waals surface area contributed by atoms with Gasteiger partial charge in [0.25, 0.3) is 0 Å². The largest absolute Gasteiger partial charge is 0.490 e. The maximum absolute atomic E-state index is 5.85. The van der Waals surface area contributed by atoms with Gasteiger partial charge in [-0.05, 0) is 43.4 Å². The number of nitrogens with two attached hydrogens (primary N) is 1. The Bertz CT molecular complexity index is 319. The van der Waals surface area contributed by atoms with E-state index >= 15 is 0 Å². The van der Waals surface area contributed by atoms with Crippen LogP contribution in [0.4, 0.5) is 0 Å². The molecule has 0 saturated heterocycles. The average molecular weight is 191 g/mol. The summed E-state index contributed by atoms with van der Waals surface area (Å²) in [5, 5.41) is 0. The number of ether oxygens (including phenoxy) is 1. The van der Waals surface area contributed by atoms with Crippen molar-refractivity contribution in [2.75, 3.05) is 0 Å². The topological polar surface area (TPSA) is 35.2 Å². The van der Waals surface area contributed by atoms with Gasteiger partial charge in [-0.15, -0.1) is 0 Å². The predicted octanol–water partition coefficient (Wildman–Crippen LogP) is 2.30. The second kappa shape index (κ2) is 3.62. The fourth-order valence-electron chi connectivity index (χ4n) is 1.70. The second-order valence-corrected chi connectivity index (χ2v) is 4.08. The van der Waals surface area contributed by atoms with Gasteiger partial charge in [0.05, 0.1) is 6.10 Å². The van der Waals surface area contributed by atoms with E-state index in [-0.39, 0.29) is 0 Å². The first-order valence-corrected chi connectivity index (χ1v) is 5.17. The van der Waals surface area contributed by atoms with Crippen LogP contribution in [0.15, 0.2) is 12.1 Å². The van der Waals surface area contributed by atoms with Gasteiger partial charge in [0.2, 0.25) is 0 Å². The predicted molar refractivity (Wildman–Crippen MR) is 57.5 cm³/mol. The molecule has 0 heterocycles. The molecule has 1 aliphatic rings. The van der Waals surface area contributed by atoms with Gasteiger partial charge in [-0.1, -0.05) is 12.1 Å². The quantitative estimate of drug-likeness (QED) is 0.795. The number of hydrogen-bond acceptors (Lipinski definition) is 2. The first kappa shape index (κ1) is 9.53. The van der Waals surface area contributed by atoms with Gasteiger partial charge in [0, 0.05) is 6.54 Å². The Kier molecular flexibility index (Phi) is 2.46. The maximum Gasteiger partial charge on any atom is 0.125 e. The molecule has 1 saturated carbocycles. The third-order valence-corrected chi connectivity index (χ3v) is 2.56. The summed E-state index contributed by atoms with van der Waals surface area (Å²) in [6.45, 7) is 4.78. The molecule has 2 rings (SSSR count). The Morgan fingerprint density at radius 3 is 2.29 bits per heavy atom. The molecule has 2 nitrogen and oxygen atoms in total. The fraction of sp³-hybridized carbons (Fsp3) is 0.500. The lowest BCUT2D eigenvalue weighted by Crippen LogP contribution is -2.03. The first-order valence-electron chi connectivity index (χ1n) is 5.17. The molecule has 76 valence electrons. The molecule has 1 fully saturated rings. The van der Waals surface area contributed by atoms with Crippen molar-refractivity contribution in [3.05, 3.63) is 28.8 Å². The Morgan fingerprint density at radius 2 is 1.86 bits per heavy atom. The zero-order valence-electron chi connectivity index (χ0n) is 8.84. The van der Waals surface area contributed by atoms with Crippen molar-refractivity contribution >= 4 is 0 Å². The number of hydrogen-bond donors (Lipinski definition) is 1. The number of aryl methyl sites for hydroxylation is 2. The molecule has 0 radical (unpaired) electrons. The van der Waals surface area contributed by atoms with E-state index in [2.05, 4.69) is 26.0 Å². The highest BCUT2D eigenvalue weighted by molar-refractivity contribution is 5.43. The van der Waals surface area contributed by atoms with E-state index in [0.717, 1.165) is 5.75 Å². The van der Waals surface area contributed by atoms with Crippen LogP contribution in [-0.2, 0) is 6.54 Å². The van der Waals surface area contributed by atoms with Gasteiger partial charge in [0.1, 0.15) is 5.75 Å². The molecule has 2 N–H and O–H groups in total. The molecule has 0 atom stereocenters. The third kappa shape index (κ3) is 1.90. The molecular formula is C12H17NO. The lowest BCUT2D eigenvalue weighted by atomic mass is 10.1. The van der Waals surface area contributed by atoms with Gasteiger partial charge >= 0.3 is 0 Å². The maximum atomic E-state index is 5.85. The smallest absolute Gasteiger partial charge is 0.125 e. The minimum Gasteiger partial charge on any atom is -0.490 e. The highest BCUT2D eigenvalue weighted by Gasteiger charge is 2.24. The summed E-state index contributed by atoms with van der Waals surface area (Å²) in [5.74, 6) is 1.06. The summed E-state index contributed by atoms with van der Waals surface area (Å²) in [7, 11) is 0. The summed E-state index contributed by atoms with van der Waals surface area (Å²) >= 11 is 0. The van der Waals surface area contributed by atoms with Crippen LogP contribution in [0.2, 0.25) is 0 Å². The van der Waals surface area contributed by atoms with Crippen LogP contribution >= 0.6 is 0 Å². The van der Waals surface area contributed by atoms with Crippen LogP contribution < -0.4 is 10.5 Å². The molecular weight excluding hydrogens is 174 g/mol. The van der Waals surface area contributed by atoms with Crippen molar-refractivity contribution in [2.24, 2.45) is 5.73 Å². The van der Waals surface area contributed by atoms with E-state index < -0.39 is 0 Å². The highest BCUT2D eigenvalue weighted by Crippen LogP contribution is 2.32. The Balaban J connectivity index is 2.28. The molecule has 0 aliphatic heterocycles. The molecule has 2 heteroatoms. The second-order valence-electron chi connectivity index (χ2n) is 4.08. The minimum atomic E-state index is 0.469. The van der Waals surface area contributed by atoms with Crippen molar-refractivity contribution in [1.82, 2.24) is 0 Å². The Morgan fingerprint density at radius 1 is 1.29 bits per heavy atom. The SMILES string of the molecule is Cc1cc(CN)cc(C)c1OC1CC1. The van der Waals surface area contributed by atoms with Crippen molar-refractivity contribution in [3.8, 4) is 5.75 Å². The number of benzene rings is 1. The van der Waals surface area contributed by atoms with Crippen molar-refractivity contribution in [3.63, 3.8) is 0 Å². The molecule has 0 unspecified atom stereocenters. The Labute approximate surface area is 85.1 Å². The monoisotopic (exact) mass is 191 g/mol. The highest BCUT2D eigenvalue weighted by atomic mass is 16.5. The van der Waals surface area contributed by atoms with Crippen LogP contribution in [0.5, 0.6) is 5.75 Å². The molecule has 1 aromatic rings. The van der Waals surface area contributed by atoms with E-state index in [1.807, 2.05) is 0 Å². The van der Waals surface area contributed by atoms with Gasteiger partial charge in [0.15, 0.2) is 0 Å².